The maximum atomic E-state index is 12.6. The first-order chi connectivity index (χ1) is 14.5. The Morgan fingerprint density at radius 3 is 2.10 bits per heavy atom. The largest absolute Gasteiger partial charge is 0.411 e. The Morgan fingerprint density at radius 1 is 0.968 bits per heavy atom. The number of hydrogen-bond acceptors (Lipinski definition) is 3. The monoisotopic (exact) mass is 436 g/mol. The molecule has 0 fully saturated rings. The Bertz CT molecular complexity index is 863. The zero-order valence-electron chi connectivity index (χ0n) is 17.8. The van der Waals surface area contributed by atoms with E-state index in [4.69, 9.17) is 0 Å². The van der Waals surface area contributed by atoms with Crippen molar-refractivity contribution in [2.24, 2.45) is 5.92 Å². The van der Waals surface area contributed by atoms with Gasteiger partial charge < -0.3 is 15.4 Å². The van der Waals surface area contributed by atoms with Crippen molar-refractivity contribution in [3.63, 3.8) is 0 Å². The molecule has 5 nitrogen and oxygen atoms in total. The summed E-state index contributed by atoms with van der Waals surface area (Å²) >= 11 is 0. The van der Waals surface area contributed by atoms with E-state index in [-0.39, 0.29) is 30.9 Å². The minimum absolute atomic E-state index is 0.123. The Balaban J connectivity index is 1.88. The first-order valence-corrected chi connectivity index (χ1v) is 9.92. The third-order valence-corrected chi connectivity index (χ3v) is 4.57. The third-order valence-electron chi connectivity index (χ3n) is 4.57. The van der Waals surface area contributed by atoms with E-state index < -0.39 is 18.8 Å². The van der Waals surface area contributed by atoms with Crippen molar-refractivity contribution in [2.75, 3.05) is 6.61 Å². The molecule has 2 aromatic rings. The average Bonchev–Trinajstić information content (AvgIpc) is 2.70. The fraction of sp³-hybridized carbons (Fsp3) is 0.391. The third kappa shape index (κ3) is 8.41. The maximum Gasteiger partial charge on any atom is 0.411 e. The summed E-state index contributed by atoms with van der Waals surface area (Å²) in [7, 11) is 0. The van der Waals surface area contributed by atoms with Crippen LogP contribution in [0.2, 0.25) is 0 Å². The van der Waals surface area contributed by atoms with Crippen LogP contribution in [0, 0.1) is 12.8 Å². The van der Waals surface area contributed by atoms with Gasteiger partial charge in [-0.3, -0.25) is 9.59 Å². The van der Waals surface area contributed by atoms with Crippen molar-refractivity contribution in [2.45, 2.75) is 46.1 Å². The zero-order chi connectivity index (χ0) is 23.0. The second-order valence-corrected chi connectivity index (χ2v) is 7.70. The number of aryl methyl sites for hydroxylation is 1. The Kier molecular flexibility index (Phi) is 8.62. The number of rotatable bonds is 9. The van der Waals surface area contributed by atoms with Crippen LogP contribution < -0.4 is 10.6 Å². The highest BCUT2D eigenvalue weighted by atomic mass is 19.4. The summed E-state index contributed by atoms with van der Waals surface area (Å²) in [5.41, 5.74) is 2.89. The van der Waals surface area contributed by atoms with Gasteiger partial charge in [0.25, 0.3) is 5.91 Å². The fourth-order valence-electron chi connectivity index (χ4n) is 2.80. The minimum atomic E-state index is -4.36. The number of carbonyl (C=O) groups excluding carboxylic acids is 2. The number of halogens is 3. The second kappa shape index (κ2) is 10.9. The van der Waals surface area contributed by atoms with E-state index in [9.17, 15) is 22.8 Å². The molecule has 2 rings (SSSR count). The summed E-state index contributed by atoms with van der Waals surface area (Å²) in [6, 6.07) is 13.1. The molecule has 2 amide bonds. The molecule has 0 spiro atoms. The number of amides is 2. The first-order valence-electron chi connectivity index (χ1n) is 9.92. The van der Waals surface area contributed by atoms with Gasteiger partial charge in [-0.1, -0.05) is 55.8 Å². The molecule has 0 saturated carbocycles. The van der Waals surface area contributed by atoms with E-state index in [0.29, 0.717) is 11.1 Å². The van der Waals surface area contributed by atoms with E-state index in [1.807, 2.05) is 32.9 Å². The number of alkyl halides is 3. The van der Waals surface area contributed by atoms with Gasteiger partial charge >= 0.3 is 6.18 Å². The first kappa shape index (κ1) is 24.4. The molecule has 0 saturated heterocycles. The van der Waals surface area contributed by atoms with E-state index in [0.717, 1.165) is 11.1 Å². The van der Waals surface area contributed by atoms with Gasteiger partial charge in [0.05, 0.1) is 6.61 Å². The van der Waals surface area contributed by atoms with Gasteiger partial charge in [-0.25, -0.2) is 0 Å². The summed E-state index contributed by atoms with van der Waals surface area (Å²) < 4.78 is 41.0. The van der Waals surface area contributed by atoms with Gasteiger partial charge in [-0.2, -0.15) is 13.2 Å². The number of benzene rings is 2. The van der Waals surface area contributed by atoms with Crippen LogP contribution in [-0.4, -0.2) is 30.6 Å². The highest BCUT2D eigenvalue weighted by Gasteiger charge is 2.27. The summed E-state index contributed by atoms with van der Waals surface area (Å²) in [6.07, 6.45) is -4.36. The van der Waals surface area contributed by atoms with Gasteiger partial charge in [0, 0.05) is 12.1 Å². The van der Waals surface area contributed by atoms with Crippen molar-refractivity contribution < 1.29 is 27.5 Å². The zero-order valence-corrected chi connectivity index (χ0v) is 17.8. The SMILES string of the molecule is Cc1ccc(C(=O)N[C@@H](C(=O)NCc2ccc(COCC(F)(F)F)cc2)C(C)C)cc1. The molecule has 0 unspecified atom stereocenters. The van der Waals surface area contributed by atoms with Gasteiger partial charge in [-0.05, 0) is 36.1 Å². The van der Waals surface area contributed by atoms with Crippen molar-refractivity contribution in [3.8, 4) is 0 Å². The Hall–Kier alpha value is -2.87. The maximum absolute atomic E-state index is 12.6. The van der Waals surface area contributed by atoms with E-state index in [1.165, 1.54) is 0 Å². The second-order valence-electron chi connectivity index (χ2n) is 7.70. The summed E-state index contributed by atoms with van der Waals surface area (Å²) in [6.45, 7) is 4.40. The number of ether oxygens (including phenoxy) is 1. The summed E-state index contributed by atoms with van der Waals surface area (Å²) in [5, 5.41) is 5.57. The molecular formula is C23H27F3N2O3. The van der Waals surface area contributed by atoms with Crippen LogP contribution in [0.15, 0.2) is 48.5 Å². The van der Waals surface area contributed by atoms with Crippen LogP contribution in [0.5, 0.6) is 0 Å². The van der Waals surface area contributed by atoms with Gasteiger partial charge in [0.1, 0.15) is 12.6 Å². The molecular weight excluding hydrogens is 409 g/mol. The molecule has 0 heterocycles. The van der Waals surface area contributed by atoms with Crippen molar-refractivity contribution in [3.05, 3.63) is 70.8 Å². The molecule has 31 heavy (non-hydrogen) atoms. The lowest BCUT2D eigenvalue weighted by Crippen LogP contribution is -2.49. The number of nitrogens with one attached hydrogen (secondary N) is 2. The van der Waals surface area contributed by atoms with Crippen molar-refractivity contribution >= 4 is 11.8 Å². The molecule has 0 aliphatic rings. The highest BCUT2D eigenvalue weighted by Crippen LogP contribution is 2.16. The Morgan fingerprint density at radius 2 is 1.55 bits per heavy atom. The van der Waals surface area contributed by atoms with E-state index in [1.54, 1.807) is 36.4 Å². The van der Waals surface area contributed by atoms with Crippen LogP contribution in [0.25, 0.3) is 0 Å². The average molecular weight is 436 g/mol. The Labute approximate surface area is 180 Å². The van der Waals surface area contributed by atoms with Crippen LogP contribution in [0.3, 0.4) is 0 Å². The van der Waals surface area contributed by atoms with Crippen LogP contribution in [-0.2, 0) is 22.7 Å². The standard InChI is InChI=1S/C23H27F3N2O3/c1-15(2)20(28-21(29)19-10-4-16(3)5-11-19)22(30)27-12-17-6-8-18(9-7-17)13-31-14-23(24,25)26/h4-11,15,20H,12-14H2,1-3H3,(H,27,30)(H,28,29)/t20-/m1/s1. The molecule has 168 valence electrons. The van der Waals surface area contributed by atoms with Crippen LogP contribution in [0.4, 0.5) is 13.2 Å². The lowest BCUT2D eigenvalue weighted by Gasteiger charge is -2.22. The van der Waals surface area contributed by atoms with Crippen molar-refractivity contribution in [1.82, 2.24) is 10.6 Å². The number of carbonyl (C=O) groups is 2. The quantitative estimate of drug-likeness (QED) is 0.621. The fourth-order valence-corrected chi connectivity index (χ4v) is 2.80. The molecule has 8 heteroatoms. The summed E-state index contributed by atoms with van der Waals surface area (Å²) in [5.74, 6) is -0.757. The molecule has 1 atom stereocenters. The van der Waals surface area contributed by atoms with Gasteiger partial charge in [-0.15, -0.1) is 0 Å². The minimum Gasteiger partial charge on any atom is -0.367 e. The molecule has 0 aliphatic heterocycles. The number of hydrogen-bond donors (Lipinski definition) is 2. The lowest BCUT2D eigenvalue weighted by molar-refractivity contribution is -0.176. The molecule has 0 aliphatic carbocycles. The molecule has 0 radical (unpaired) electrons. The van der Waals surface area contributed by atoms with E-state index in [2.05, 4.69) is 15.4 Å². The normalized spacial score (nSPS) is 12.5. The van der Waals surface area contributed by atoms with Crippen LogP contribution >= 0.6 is 0 Å². The topological polar surface area (TPSA) is 67.4 Å². The lowest BCUT2D eigenvalue weighted by atomic mass is 10.0. The molecule has 0 bridgehead atoms. The molecule has 0 aromatic heterocycles. The van der Waals surface area contributed by atoms with E-state index >= 15 is 0 Å². The smallest absolute Gasteiger partial charge is 0.367 e. The van der Waals surface area contributed by atoms with Crippen LogP contribution in [0.1, 0.15) is 40.9 Å². The molecule has 2 aromatic carbocycles. The predicted molar refractivity (Wildman–Crippen MR) is 111 cm³/mol. The van der Waals surface area contributed by atoms with Gasteiger partial charge in [0.2, 0.25) is 5.91 Å². The molecule has 2 N–H and O–H groups in total. The summed E-state index contributed by atoms with van der Waals surface area (Å²) in [4.78, 5) is 25.1. The van der Waals surface area contributed by atoms with Gasteiger partial charge in [0.15, 0.2) is 0 Å². The van der Waals surface area contributed by atoms with Crippen molar-refractivity contribution in [1.29, 1.82) is 0 Å². The predicted octanol–water partition coefficient (Wildman–Crippen LogP) is 4.14. The highest BCUT2D eigenvalue weighted by molar-refractivity contribution is 5.97.